The van der Waals surface area contributed by atoms with E-state index in [2.05, 4.69) is 9.88 Å². The largest absolute Gasteiger partial charge is 0.507 e. The molecule has 10 nitrogen and oxygen atoms in total. The summed E-state index contributed by atoms with van der Waals surface area (Å²) in [7, 11) is 1.26. The predicted octanol–water partition coefficient (Wildman–Crippen LogP) is 2.07. The molecule has 10 heteroatoms. The maximum Gasteiger partial charge on any atom is 0.354 e. The van der Waals surface area contributed by atoms with Crippen LogP contribution in [0.25, 0.3) is 5.76 Å². The van der Waals surface area contributed by atoms with Crippen molar-refractivity contribution >= 4 is 23.4 Å². The third kappa shape index (κ3) is 4.14. The van der Waals surface area contributed by atoms with Crippen LogP contribution in [0.1, 0.15) is 44.9 Å². The molecule has 0 unspecified atom stereocenters. The summed E-state index contributed by atoms with van der Waals surface area (Å²) in [5.74, 6) is -1.43. The minimum absolute atomic E-state index is 0.0667. The van der Waals surface area contributed by atoms with Gasteiger partial charge >= 0.3 is 5.97 Å². The molecule has 0 saturated carbocycles. The Morgan fingerprint density at radius 1 is 1.18 bits per heavy atom. The van der Waals surface area contributed by atoms with Crippen LogP contribution in [-0.2, 0) is 19.1 Å². The Balaban J connectivity index is 1.78. The van der Waals surface area contributed by atoms with Crippen LogP contribution in [0.3, 0.4) is 0 Å². The fraction of sp³-hybridized carbons (Fsp3) is 0.458. The first-order chi connectivity index (χ1) is 16.2. The Morgan fingerprint density at radius 2 is 1.88 bits per heavy atom. The number of likely N-dealkylation sites (tertiary alicyclic amines) is 1. The highest BCUT2D eigenvalue weighted by Crippen LogP contribution is 2.41. The van der Waals surface area contributed by atoms with E-state index < -0.39 is 23.7 Å². The van der Waals surface area contributed by atoms with E-state index in [0.29, 0.717) is 48.1 Å². The molecule has 2 aliphatic rings. The number of furan rings is 1. The highest BCUT2D eigenvalue weighted by molar-refractivity contribution is 6.46. The molecule has 4 rings (SSSR count). The normalized spacial score (nSPS) is 20.8. The molecule has 2 aromatic heterocycles. The van der Waals surface area contributed by atoms with Gasteiger partial charge in [-0.05, 0) is 38.5 Å². The molecule has 2 aliphatic heterocycles. The number of aromatic nitrogens is 1. The first kappa shape index (κ1) is 23.8. The van der Waals surface area contributed by atoms with E-state index in [9.17, 15) is 19.5 Å². The van der Waals surface area contributed by atoms with E-state index in [1.54, 1.807) is 32.9 Å². The van der Waals surface area contributed by atoms with Crippen LogP contribution in [0.5, 0.6) is 0 Å². The zero-order valence-corrected chi connectivity index (χ0v) is 19.8. The predicted molar refractivity (Wildman–Crippen MR) is 121 cm³/mol. The number of aromatic amines is 1. The van der Waals surface area contributed by atoms with Gasteiger partial charge in [0.05, 0.1) is 25.9 Å². The van der Waals surface area contributed by atoms with Crippen LogP contribution < -0.4 is 0 Å². The summed E-state index contributed by atoms with van der Waals surface area (Å²) in [5.41, 5.74) is 1.30. The van der Waals surface area contributed by atoms with Crippen LogP contribution >= 0.6 is 0 Å². The number of esters is 1. The number of ether oxygens (including phenoxy) is 2. The van der Waals surface area contributed by atoms with Crippen LogP contribution in [-0.4, -0.2) is 84.1 Å². The Hall–Kier alpha value is -3.37. The lowest BCUT2D eigenvalue weighted by atomic mass is 9.97. The molecule has 1 atom stereocenters. The first-order valence-electron chi connectivity index (χ1n) is 11.2. The standard InChI is InChI=1S/C24H29N3O7/c1-13-5-6-16(34-13)20-18(21(28)17-14(2)19(24(31)32-4)25-15(17)3)22(29)23(30)27(20)8-7-26-9-11-33-12-10-26/h5-6,20,25,28H,7-12H2,1-4H3/b21-18+/t20-/m1/s1. The number of nitrogens with zero attached hydrogens (tertiary/aromatic N) is 2. The lowest BCUT2D eigenvalue weighted by molar-refractivity contribution is -0.140. The highest BCUT2D eigenvalue weighted by atomic mass is 16.5. The van der Waals surface area contributed by atoms with Gasteiger partial charge in [-0.1, -0.05) is 0 Å². The highest BCUT2D eigenvalue weighted by Gasteiger charge is 2.48. The fourth-order valence-electron chi connectivity index (χ4n) is 4.63. The molecule has 0 spiro atoms. The van der Waals surface area contributed by atoms with Crippen LogP contribution in [0.15, 0.2) is 22.1 Å². The average Bonchev–Trinajstić information content (AvgIpc) is 3.46. The van der Waals surface area contributed by atoms with Gasteiger partial charge in [0.15, 0.2) is 0 Å². The number of hydrogen-bond acceptors (Lipinski definition) is 8. The summed E-state index contributed by atoms with van der Waals surface area (Å²) in [6.45, 7) is 8.65. The number of H-pyrrole nitrogens is 1. The molecule has 0 bridgehead atoms. The zero-order chi connectivity index (χ0) is 24.6. The molecule has 1 amide bonds. The Bertz CT molecular complexity index is 1150. The number of carbonyl (C=O) groups excluding carboxylic acids is 3. The number of carbonyl (C=O) groups is 3. The summed E-state index contributed by atoms with van der Waals surface area (Å²) in [6, 6.07) is 2.57. The van der Waals surface area contributed by atoms with Gasteiger partial charge in [-0.15, -0.1) is 0 Å². The van der Waals surface area contributed by atoms with Crippen LogP contribution in [0, 0.1) is 20.8 Å². The van der Waals surface area contributed by atoms with E-state index in [1.165, 1.54) is 12.0 Å². The number of amides is 1. The topological polar surface area (TPSA) is 125 Å². The molecule has 0 aromatic carbocycles. The number of aliphatic hydroxyl groups excluding tert-OH is 1. The summed E-state index contributed by atoms with van der Waals surface area (Å²) in [6.07, 6.45) is 0. The molecule has 2 fully saturated rings. The maximum atomic E-state index is 13.2. The zero-order valence-electron chi connectivity index (χ0n) is 19.8. The molecule has 2 N–H and O–H groups in total. The summed E-state index contributed by atoms with van der Waals surface area (Å²) >= 11 is 0. The average molecular weight is 472 g/mol. The monoisotopic (exact) mass is 471 g/mol. The van der Waals surface area contributed by atoms with Gasteiger partial charge in [0.1, 0.15) is 29.0 Å². The molecule has 0 radical (unpaired) electrons. The number of aliphatic hydroxyl groups is 1. The number of ketones is 1. The van der Waals surface area contributed by atoms with Crippen molar-refractivity contribution in [3.05, 3.63) is 51.7 Å². The molecule has 2 saturated heterocycles. The number of Topliss-reactive ketones (excluding diaryl/α,β-unsaturated/α-hetero) is 1. The summed E-state index contributed by atoms with van der Waals surface area (Å²) in [4.78, 5) is 45.0. The third-order valence-electron chi connectivity index (χ3n) is 6.40. The fourth-order valence-corrected chi connectivity index (χ4v) is 4.63. The van der Waals surface area contributed by atoms with Gasteiger partial charge < -0.3 is 28.9 Å². The molecule has 0 aliphatic carbocycles. The van der Waals surface area contributed by atoms with Crippen molar-refractivity contribution < 1.29 is 33.4 Å². The van der Waals surface area contributed by atoms with E-state index in [-0.39, 0.29) is 23.6 Å². The lowest BCUT2D eigenvalue weighted by Gasteiger charge is -2.30. The van der Waals surface area contributed by atoms with Gasteiger partial charge in [-0.2, -0.15) is 0 Å². The van der Waals surface area contributed by atoms with Crippen molar-refractivity contribution in [1.29, 1.82) is 0 Å². The molecular formula is C24H29N3O7. The minimum atomic E-state index is -0.884. The van der Waals surface area contributed by atoms with Gasteiger partial charge in [0, 0.05) is 37.4 Å². The lowest BCUT2D eigenvalue weighted by Crippen LogP contribution is -2.42. The molecule has 182 valence electrons. The molecule has 4 heterocycles. The van der Waals surface area contributed by atoms with Crippen LogP contribution in [0.2, 0.25) is 0 Å². The van der Waals surface area contributed by atoms with E-state index in [1.807, 2.05) is 0 Å². The molecule has 2 aromatic rings. The van der Waals surface area contributed by atoms with Gasteiger partial charge in [-0.3, -0.25) is 14.5 Å². The SMILES string of the molecule is COC(=O)c1[nH]c(C)c(/C(O)=C2\C(=O)C(=O)N(CCN3CCOCC3)[C@@H]2c2ccc(C)o2)c1C. The van der Waals surface area contributed by atoms with Crippen molar-refractivity contribution in [2.45, 2.75) is 26.8 Å². The number of morpholine rings is 1. The van der Waals surface area contributed by atoms with Crippen molar-refractivity contribution in [2.75, 3.05) is 46.5 Å². The van der Waals surface area contributed by atoms with E-state index in [0.717, 1.165) is 13.1 Å². The first-order valence-corrected chi connectivity index (χ1v) is 11.2. The molecule has 34 heavy (non-hydrogen) atoms. The van der Waals surface area contributed by atoms with Crippen LogP contribution in [0.4, 0.5) is 0 Å². The number of hydrogen-bond donors (Lipinski definition) is 2. The van der Waals surface area contributed by atoms with Gasteiger partial charge in [-0.25, -0.2) is 4.79 Å². The second-order valence-corrected chi connectivity index (χ2v) is 8.51. The van der Waals surface area contributed by atoms with Crippen molar-refractivity contribution in [3.63, 3.8) is 0 Å². The Labute approximate surface area is 197 Å². The Morgan fingerprint density at radius 3 is 2.50 bits per heavy atom. The number of aryl methyl sites for hydroxylation is 2. The quantitative estimate of drug-likeness (QED) is 0.284. The molecular weight excluding hydrogens is 442 g/mol. The number of methoxy groups -OCH3 is 1. The second-order valence-electron chi connectivity index (χ2n) is 8.51. The second kappa shape index (κ2) is 9.47. The van der Waals surface area contributed by atoms with Crippen molar-refractivity contribution in [1.82, 2.24) is 14.8 Å². The summed E-state index contributed by atoms with van der Waals surface area (Å²) < 4.78 is 16.0. The number of rotatable bonds is 6. The van der Waals surface area contributed by atoms with E-state index in [4.69, 9.17) is 13.9 Å². The van der Waals surface area contributed by atoms with Crippen molar-refractivity contribution in [2.24, 2.45) is 0 Å². The Kier molecular flexibility index (Phi) is 6.63. The van der Waals surface area contributed by atoms with Gasteiger partial charge in [0.25, 0.3) is 11.7 Å². The summed E-state index contributed by atoms with van der Waals surface area (Å²) in [5, 5.41) is 11.4. The van der Waals surface area contributed by atoms with Gasteiger partial charge in [0.2, 0.25) is 0 Å². The van der Waals surface area contributed by atoms with E-state index >= 15 is 0 Å². The third-order valence-corrected chi connectivity index (χ3v) is 6.40. The van der Waals surface area contributed by atoms with Crippen molar-refractivity contribution in [3.8, 4) is 0 Å². The maximum absolute atomic E-state index is 13.2. The smallest absolute Gasteiger partial charge is 0.354 e. The number of nitrogens with one attached hydrogen (secondary N) is 1. The minimum Gasteiger partial charge on any atom is -0.507 e.